The zero-order valence-corrected chi connectivity index (χ0v) is 11.6. The van der Waals surface area contributed by atoms with Crippen LogP contribution in [0, 0.1) is 11.8 Å². The van der Waals surface area contributed by atoms with E-state index >= 15 is 0 Å². The Morgan fingerprint density at radius 3 is 1.87 bits per heavy atom. The smallest absolute Gasteiger partial charge is 0.00695 e. The minimum absolute atomic E-state index is 0.656. The normalized spacial score (nSPS) is 19.6. The van der Waals surface area contributed by atoms with Crippen LogP contribution < -0.4 is 5.32 Å². The van der Waals surface area contributed by atoms with Crippen LogP contribution in [0.25, 0.3) is 0 Å². The van der Waals surface area contributed by atoms with E-state index in [2.05, 4.69) is 46.9 Å². The van der Waals surface area contributed by atoms with Gasteiger partial charge in [-0.05, 0) is 31.6 Å². The van der Waals surface area contributed by atoms with E-state index in [1.165, 1.54) is 25.7 Å². The number of rotatable bonds is 8. The molecule has 0 rings (SSSR count). The van der Waals surface area contributed by atoms with Crippen molar-refractivity contribution in [1.29, 1.82) is 0 Å². The maximum Gasteiger partial charge on any atom is 0.00695 e. The van der Waals surface area contributed by atoms with Crippen molar-refractivity contribution in [3.05, 3.63) is 0 Å². The molecule has 92 valence electrons. The number of hydrogen-bond donors (Lipinski definition) is 1. The highest BCUT2D eigenvalue weighted by atomic mass is 14.9. The van der Waals surface area contributed by atoms with Crippen molar-refractivity contribution < 1.29 is 0 Å². The lowest BCUT2D eigenvalue weighted by atomic mass is 9.94. The summed E-state index contributed by atoms with van der Waals surface area (Å²) in [6.07, 6.45) is 5.16. The molecule has 0 aromatic carbocycles. The molecule has 0 aliphatic carbocycles. The van der Waals surface area contributed by atoms with E-state index in [9.17, 15) is 0 Å². The fourth-order valence-corrected chi connectivity index (χ4v) is 1.89. The average Bonchev–Trinajstić information content (AvgIpc) is 2.26. The van der Waals surface area contributed by atoms with Crippen LogP contribution in [-0.4, -0.2) is 12.1 Å². The molecule has 1 heteroatoms. The summed E-state index contributed by atoms with van der Waals surface area (Å²) in [4.78, 5) is 0. The first-order valence-corrected chi connectivity index (χ1v) is 6.81. The highest BCUT2D eigenvalue weighted by Gasteiger charge is 2.16. The molecule has 4 atom stereocenters. The molecule has 0 aromatic rings. The van der Waals surface area contributed by atoms with Gasteiger partial charge in [-0.15, -0.1) is 0 Å². The molecule has 0 saturated heterocycles. The predicted molar refractivity (Wildman–Crippen MR) is 70.2 cm³/mol. The second kappa shape index (κ2) is 8.15. The van der Waals surface area contributed by atoms with E-state index in [-0.39, 0.29) is 0 Å². The SMILES string of the molecule is CCC(C)CC(CC)NC(C)C(C)CC. The minimum Gasteiger partial charge on any atom is -0.311 e. The van der Waals surface area contributed by atoms with Gasteiger partial charge in [0.1, 0.15) is 0 Å². The molecule has 0 spiro atoms. The van der Waals surface area contributed by atoms with Gasteiger partial charge in [0.2, 0.25) is 0 Å². The van der Waals surface area contributed by atoms with Crippen LogP contribution in [-0.2, 0) is 0 Å². The van der Waals surface area contributed by atoms with Crippen molar-refractivity contribution in [3.63, 3.8) is 0 Å². The van der Waals surface area contributed by atoms with Crippen LogP contribution >= 0.6 is 0 Å². The topological polar surface area (TPSA) is 12.0 Å². The average molecular weight is 213 g/mol. The van der Waals surface area contributed by atoms with E-state index in [4.69, 9.17) is 0 Å². The van der Waals surface area contributed by atoms with Gasteiger partial charge in [-0.25, -0.2) is 0 Å². The Kier molecular flexibility index (Phi) is 8.13. The molecule has 0 aliphatic heterocycles. The van der Waals surface area contributed by atoms with Gasteiger partial charge in [-0.2, -0.15) is 0 Å². The van der Waals surface area contributed by atoms with E-state index in [1.54, 1.807) is 0 Å². The lowest BCUT2D eigenvalue weighted by Crippen LogP contribution is -2.40. The summed E-state index contributed by atoms with van der Waals surface area (Å²) in [6.45, 7) is 13.9. The highest BCUT2D eigenvalue weighted by Crippen LogP contribution is 2.15. The fraction of sp³-hybridized carbons (Fsp3) is 1.00. The molecular formula is C14H31N. The van der Waals surface area contributed by atoms with Crippen LogP contribution in [0.3, 0.4) is 0 Å². The lowest BCUT2D eigenvalue weighted by Gasteiger charge is -2.27. The Labute approximate surface area is 97.0 Å². The quantitative estimate of drug-likeness (QED) is 0.636. The molecule has 0 aliphatic rings. The van der Waals surface area contributed by atoms with Crippen LogP contribution in [0.2, 0.25) is 0 Å². The first-order valence-electron chi connectivity index (χ1n) is 6.81. The molecule has 0 amide bonds. The fourth-order valence-electron chi connectivity index (χ4n) is 1.89. The summed E-state index contributed by atoms with van der Waals surface area (Å²) in [5, 5.41) is 3.78. The standard InChI is InChI=1S/C14H31N/c1-7-11(4)10-14(9-3)15-13(6)12(5)8-2/h11-15H,7-10H2,1-6H3. The van der Waals surface area contributed by atoms with Crippen molar-refractivity contribution in [2.24, 2.45) is 11.8 Å². The first-order chi connectivity index (χ1) is 7.04. The summed E-state index contributed by atoms with van der Waals surface area (Å²) < 4.78 is 0. The Morgan fingerprint density at radius 1 is 0.867 bits per heavy atom. The van der Waals surface area contributed by atoms with Crippen LogP contribution in [0.1, 0.15) is 67.2 Å². The largest absolute Gasteiger partial charge is 0.311 e. The predicted octanol–water partition coefficient (Wildman–Crippen LogP) is 4.23. The molecule has 0 radical (unpaired) electrons. The molecule has 1 nitrogen and oxygen atoms in total. The van der Waals surface area contributed by atoms with Gasteiger partial charge in [0.25, 0.3) is 0 Å². The van der Waals surface area contributed by atoms with Crippen molar-refractivity contribution in [3.8, 4) is 0 Å². The Hall–Kier alpha value is -0.0400. The van der Waals surface area contributed by atoms with E-state index in [0.29, 0.717) is 12.1 Å². The van der Waals surface area contributed by atoms with Gasteiger partial charge in [-0.3, -0.25) is 0 Å². The third-order valence-corrected chi connectivity index (χ3v) is 3.87. The van der Waals surface area contributed by atoms with Crippen LogP contribution in [0.5, 0.6) is 0 Å². The molecule has 0 fully saturated rings. The summed E-state index contributed by atoms with van der Waals surface area (Å²) in [7, 11) is 0. The molecule has 0 bridgehead atoms. The molecule has 0 heterocycles. The van der Waals surface area contributed by atoms with E-state index < -0.39 is 0 Å². The monoisotopic (exact) mass is 213 g/mol. The maximum atomic E-state index is 3.78. The number of nitrogens with one attached hydrogen (secondary N) is 1. The first kappa shape index (κ1) is 15.0. The minimum atomic E-state index is 0.656. The summed E-state index contributed by atoms with van der Waals surface area (Å²) in [5.41, 5.74) is 0. The van der Waals surface area contributed by atoms with Gasteiger partial charge in [0.05, 0.1) is 0 Å². The van der Waals surface area contributed by atoms with Crippen molar-refractivity contribution in [1.82, 2.24) is 5.32 Å². The van der Waals surface area contributed by atoms with Gasteiger partial charge in [0, 0.05) is 12.1 Å². The van der Waals surface area contributed by atoms with Gasteiger partial charge in [0.15, 0.2) is 0 Å². The third kappa shape index (κ3) is 6.19. The Morgan fingerprint density at radius 2 is 1.47 bits per heavy atom. The zero-order chi connectivity index (χ0) is 11.8. The molecule has 1 N–H and O–H groups in total. The molecule has 0 aromatic heterocycles. The van der Waals surface area contributed by atoms with E-state index in [0.717, 1.165) is 11.8 Å². The second-order valence-electron chi connectivity index (χ2n) is 5.20. The number of hydrogen-bond acceptors (Lipinski definition) is 1. The van der Waals surface area contributed by atoms with Crippen LogP contribution in [0.15, 0.2) is 0 Å². The van der Waals surface area contributed by atoms with E-state index in [1.807, 2.05) is 0 Å². The summed E-state index contributed by atoms with van der Waals surface area (Å²) >= 11 is 0. The van der Waals surface area contributed by atoms with Crippen LogP contribution in [0.4, 0.5) is 0 Å². The van der Waals surface area contributed by atoms with Gasteiger partial charge >= 0.3 is 0 Å². The highest BCUT2D eigenvalue weighted by molar-refractivity contribution is 4.75. The van der Waals surface area contributed by atoms with Gasteiger partial charge in [-0.1, -0.05) is 47.5 Å². The van der Waals surface area contributed by atoms with Gasteiger partial charge < -0.3 is 5.32 Å². The third-order valence-electron chi connectivity index (χ3n) is 3.87. The maximum absolute atomic E-state index is 3.78. The lowest BCUT2D eigenvalue weighted by molar-refractivity contribution is 0.306. The van der Waals surface area contributed by atoms with Crippen molar-refractivity contribution in [2.75, 3.05) is 0 Å². The summed E-state index contributed by atoms with van der Waals surface area (Å²) in [5.74, 6) is 1.64. The summed E-state index contributed by atoms with van der Waals surface area (Å²) in [6, 6.07) is 1.37. The van der Waals surface area contributed by atoms with Crippen molar-refractivity contribution >= 4 is 0 Å². The Balaban J connectivity index is 3.97. The molecule has 0 saturated carbocycles. The zero-order valence-electron chi connectivity index (χ0n) is 11.6. The Bertz CT molecular complexity index is 144. The molecule has 15 heavy (non-hydrogen) atoms. The second-order valence-corrected chi connectivity index (χ2v) is 5.20. The molecule has 4 unspecified atom stereocenters. The molecular weight excluding hydrogens is 182 g/mol. The van der Waals surface area contributed by atoms with Crippen molar-refractivity contribution in [2.45, 2.75) is 79.3 Å².